The van der Waals surface area contributed by atoms with Gasteiger partial charge in [0.25, 0.3) is 0 Å². The fourth-order valence-corrected chi connectivity index (χ4v) is 2.74. The van der Waals surface area contributed by atoms with Crippen LogP contribution in [0.4, 0.5) is 5.69 Å². The van der Waals surface area contributed by atoms with E-state index in [-0.39, 0.29) is 11.9 Å². The second-order valence-electron chi connectivity index (χ2n) is 3.89. The number of methoxy groups -OCH3 is 1. The molecule has 4 nitrogen and oxygen atoms in total. The van der Waals surface area contributed by atoms with Crippen LogP contribution in [-0.4, -0.2) is 30.5 Å². The second kappa shape index (κ2) is 8.42. The molecule has 1 aromatic rings. The van der Waals surface area contributed by atoms with Crippen LogP contribution in [0.3, 0.4) is 0 Å². The average Bonchev–Trinajstić information content (AvgIpc) is 2.37. The number of anilines is 1. The van der Waals surface area contributed by atoms with Gasteiger partial charge in [-0.15, -0.1) is 0 Å². The number of hydrogen-bond donors (Lipinski definition) is 1. The summed E-state index contributed by atoms with van der Waals surface area (Å²) >= 11 is 3.65. The van der Waals surface area contributed by atoms with Crippen LogP contribution in [0.1, 0.15) is 12.0 Å². The molecule has 0 spiro atoms. The van der Waals surface area contributed by atoms with Gasteiger partial charge in [0.15, 0.2) is 0 Å². The van der Waals surface area contributed by atoms with Crippen LogP contribution in [0.5, 0.6) is 0 Å². The van der Waals surface area contributed by atoms with E-state index in [1.165, 1.54) is 18.9 Å². The van der Waals surface area contributed by atoms with Gasteiger partial charge in [0.05, 0.1) is 19.3 Å². The van der Waals surface area contributed by atoms with Crippen LogP contribution in [0.25, 0.3) is 0 Å². The molecule has 0 aliphatic heterocycles. The highest BCUT2D eigenvalue weighted by Gasteiger charge is 2.06. The first-order valence-electron chi connectivity index (χ1n) is 5.73. The molecule has 0 radical (unpaired) electrons. The van der Waals surface area contributed by atoms with Gasteiger partial charge < -0.3 is 10.1 Å². The summed E-state index contributed by atoms with van der Waals surface area (Å²) in [6.45, 7) is 1.96. The average molecular weight is 393 g/mol. The van der Waals surface area contributed by atoms with Crippen LogP contribution in [0.15, 0.2) is 18.2 Å². The summed E-state index contributed by atoms with van der Waals surface area (Å²) in [4.78, 5) is 22.6. The number of carbonyl (C=O) groups excluding carboxylic acids is 2. The fraction of sp³-hybridized carbons (Fsp3) is 0.385. The molecule has 104 valence electrons. The third-order valence-corrected chi connectivity index (χ3v) is 4.00. The van der Waals surface area contributed by atoms with Crippen LogP contribution >= 0.6 is 34.4 Å². The predicted molar refractivity (Wildman–Crippen MR) is 86.5 cm³/mol. The van der Waals surface area contributed by atoms with Crippen LogP contribution in [0.2, 0.25) is 0 Å². The summed E-state index contributed by atoms with van der Waals surface area (Å²) in [6, 6.07) is 5.86. The second-order valence-corrected chi connectivity index (χ2v) is 6.24. The van der Waals surface area contributed by atoms with Gasteiger partial charge in [0.2, 0.25) is 5.91 Å². The zero-order valence-electron chi connectivity index (χ0n) is 10.9. The van der Waals surface area contributed by atoms with E-state index in [0.29, 0.717) is 17.9 Å². The lowest BCUT2D eigenvalue weighted by Crippen LogP contribution is -2.15. The summed E-state index contributed by atoms with van der Waals surface area (Å²) in [5.41, 5.74) is 1.87. The van der Waals surface area contributed by atoms with Crippen molar-refractivity contribution >= 4 is 51.9 Å². The lowest BCUT2D eigenvalue weighted by atomic mass is 10.2. The first-order valence-corrected chi connectivity index (χ1v) is 7.97. The van der Waals surface area contributed by atoms with E-state index in [4.69, 9.17) is 0 Å². The molecule has 1 aromatic carbocycles. The van der Waals surface area contributed by atoms with Gasteiger partial charge in [-0.3, -0.25) is 9.59 Å². The Morgan fingerprint density at radius 3 is 2.79 bits per heavy atom. The highest BCUT2D eigenvalue weighted by Crippen LogP contribution is 2.18. The quantitative estimate of drug-likeness (QED) is 0.459. The maximum absolute atomic E-state index is 11.7. The van der Waals surface area contributed by atoms with Crippen molar-refractivity contribution in [2.75, 3.05) is 23.9 Å². The van der Waals surface area contributed by atoms with Gasteiger partial charge >= 0.3 is 5.97 Å². The highest BCUT2D eigenvalue weighted by atomic mass is 127. The molecule has 0 atom stereocenters. The molecule has 0 saturated heterocycles. The van der Waals surface area contributed by atoms with Crippen molar-refractivity contribution in [1.82, 2.24) is 0 Å². The minimum atomic E-state index is -0.249. The SMILES string of the molecule is COC(=O)CCSCC(=O)Nc1ccc(I)cc1C. The number of thioether (sulfide) groups is 1. The number of halogens is 1. The number of rotatable bonds is 6. The maximum atomic E-state index is 11.7. The number of carbonyl (C=O) groups is 2. The Labute approximate surface area is 130 Å². The Kier molecular flexibility index (Phi) is 7.22. The Morgan fingerprint density at radius 1 is 1.42 bits per heavy atom. The molecule has 19 heavy (non-hydrogen) atoms. The van der Waals surface area contributed by atoms with Crippen LogP contribution < -0.4 is 5.32 Å². The van der Waals surface area contributed by atoms with Crippen molar-refractivity contribution in [2.45, 2.75) is 13.3 Å². The smallest absolute Gasteiger partial charge is 0.306 e. The molecule has 1 N–H and O–H groups in total. The molecule has 0 aliphatic carbocycles. The molecule has 0 unspecified atom stereocenters. The van der Waals surface area contributed by atoms with Crippen molar-refractivity contribution in [1.29, 1.82) is 0 Å². The van der Waals surface area contributed by atoms with Gasteiger partial charge in [-0.05, 0) is 53.3 Å². The van der Waals surface area contributed by atoms with Gasteiger partial charge in [0.1, 0.15) is 0 Å². The number of amides is 1. The van der Waals surface area contributed by atoms with E-state index in [1.807, 2.05) is 25.1 Å². The standard InChI is InChI=1S/C13H16INO3S/c1-9-7-10(14)3-4-11(9)15-12(16)8-19-6-5-13(17)18-2/h3-4,7H,5-6,8H2,1-2H3,(H,15,16). The largest absolute Gasteiger partial charge is 0.469 e. The molecule has 0 aromatic heterocycles. The molecule has 1 amide bonds. The van der Waals surface area contributed by atoms with E-state index in [0.717, 1.165) is 14.8 Å². The number of benzene rings is 1. The number of ether oxygens (including phenoxy) is 1. The molecule has 0 bridgehead atoms. The minimum absolute atomic E-state index is 0.0563. The summed E-state index contributed by atoms with van der Waals surface area (Å²) in [5, 5.41) is 2.86. The van der Waals surface area contributed by atoms with E-state index < -0.39 is 0 Å². The summed E-state index contributed by atoms with van der Waals surface area (Å²) in [7, 11) is 1.36. The minimum Gasteiger partial charge on any atom is -0.469 e. The van der Waals surface area contributed by atoms with Gasteiger partial charge in [-0.25, -0.2) is 0 Å². The van der Waals surface area contributed by atoms with Crippen molar-refractivity contribution in [3.05, 3.63) is 27.3 Å². The number of nitrogens with one attached hydrogen (secondary N) is 1. The van der Waals surface area contributed by atoms with Crippen molar-refractivity contribution < 1.29 is 14.3 Å². The lowest BCUT2D eigenvalue weighted by molar-refractivity contribution is -0.140. The summed E-state index contributed by atoms with van der Waals surface area (Å²) < 4.78 is 5.67. The predicted octanol–water partition coefficient (Wildman–Crippen LogP) is 2.83. The van der Waals surface area contributed by atoms with Gasteiger partial charge in [-0.1, -0.05) is 0 Å². The third-order valence-electron chi connectivity index (χ3n) is 2.37. The molecule has 0 heterocycles. The Morgan fingerprint density at radius 2 is 2.16 bits per heavy atom. The fourth-order valence-electron chi connectivity index (χ4n) is 1.38. The summed E-state index contributed by atoms with van der Waals surface area (Å²) in [5.74, 6) is 0.620. The summed E-state index contributed by atoms with van der Waals surface area (Å²) in [6.07, 6.45) is 0.330. The Bertz CT molecular complexity index is 465. The van der Waals surface area contributed by atoms with Crippen molar-refractivity contribution in [3.8, 4) is 0 Å². The van der Waals surface area contributed by atoms with Crippen LogP contribution in [0, 0.1) is 10.5 Å². The number of hydrogen-bond acceptors (Lipinski definition) is 4. The molecule has 0 aliphatic rings. The lowest BCUT2D eigenvalue weighted by Gasteiger charge is -2.08. The topological polar surface area (TPSA) is 55.4 Å². The van der Waals surface area contributed by atoms with Gasteiger partial charge in [-0.2, -0.15) is 11.8 Å². The molecular weight excluding hydrogens is 377 g/mol. The monoisotopic (exact) mass is 393 g/mol. The molecule has 1 rings (SSSR count). The number of esters is 1. The Balaban J connectivity index is 2.33. The van der Waals surface area contributed by atoms with Crippen LogP contribution in [-0.2, 0) is 14.3 Å². The van der Waals surface area contributed by atoms with Gasteiger partial charge in [0, 0.05) is 15.0 Å². The zero-order valence-corrected chi connectivity index (χ0v) is 13.8. The van der Waals surface area contributed by atoms with E-state index >= 15 is 0 Å². The first kappa shape index (κ1) is 16.3. The van der Waals surface area contributed by atoms with E-state index in [1.54, 1.807) is 0 Å². The Hall–Kier alpha value is -0.760. The van der Waals surface area contributed by atoms with E-state index in [9.17, 15) is 9.59 Å². The molecule has 6 heteroatoms. The normalized spacial score (nSPS) is 10.1. The third kappa shape index (κ3) is 6.29. The number of aryl methyl sites for hydroxylation is 1. The molecule has 0 fully saturated rings. The van der Waals surface area contributed by atoms with Crippen molar-refractivity contribution in [2.24, 2.45) is 0 Å². The maximum Gasteiger partial charge on any atom is 0.306 e. The van der Waals surface area contributed by atoms with E-state index in [2.05, 4.69) is 32.6 Å². The molecule has 0 saturated carbocycles. The zero-order chi connectivity index (χ0) is 14.3. The van der Waals surface area contributed by atoms with Crippen molar-refractivity contribution in [3.63, 3.8) is 0 Å². The highest BCUT2D eigenvalue weighted by molar-refractivity contribution is 14.1. The first-order chi connectivity index (χ1) is 9.02. The molecular formula is C13H16INO3S.